The first-order valence-electron chi connectivity index (χ1n) is 7.76. The molecule has 0 saturated heterocycles. The van der Waals surface area contributed by atoms with Crippen molar-refractivity contribution in [3.63, 3.8) is 0 Å². The summed E-state index contributed by atoms with van der Waals surface area (Å²) in [4.78, 5) is 10.6. The van der Waals surface area contributed by atoms with Crippen molar-refractivity contribution in [3.05, 3.63) is 64.9 Å². The predicted molar refractivity (Wildman–Crippen MR) is 93.6 cm³/mol. The van der Waals surface area contributed by atoms with Gasteiger partial charge in [-0.1, -0.05) is 23.7 Å². The summed E-state index contributed by atoms with van der Waals surface area (Å²) < 4.78 is 62.7. The second-order valence-corrected chi connectivity index (χ2v) is 6.13. The summed E-state index contributed by atoms with van der Waals surface area (Å²) in [5.41, 5.74) is -1.22. The van der Waals surface area contributed by atoms with Crippen LogP contribution in [0.2, 0.25) is 5.02 Å². The summed E-state index contributed by atoms with van der Waals surface area (Å²) in [6.07, 6.45) is -4.74. The third-order valence-corrected chi connectivity index (χ3v) is 3.97. The van der Waals surface area contributed by atoms with E-state index in [1.165, 1.54) is 12.1 Å². The van der Waals surface area contributed by atoms with Gasteiger partial charge in [0.25, 0.3) is 0 Å². The molecule has 3 aromatic carbocycles. The fraction of sp³-hybridized carbons (Fsp3) is 0.105. The van der Waals surface area contributed by atoms with E-state index in [-0.39, 0.29) is 5.75 Å². The number of carboxylic acid groups (broad SMARTS) is 1. The largest absolute Gasteiger partial charge is 0.482 e. The average Bonchev–Trinajstić information content (AvgIpc) is 2.61. The Hall–Kier alpha value is -3.00. The minimum atomic E-state index is -4.74. The van der Waals surface area contributed by atoms with Crippen molar-refractivity contribution in [2.24, 2.45) is 0 Å². The maximum absolute atomic E-state index is 14.1. The lowest BCUT2D eigenvalue weighted by Gasteiger charge is -2.13. The Kier molecular flexibility index (Phi) is 5.33. The molecule has 3 aromatic rings. The number of ether oxygens (including phenoxy) is 2. The van der Waals surface area contributed by atoms with Crippen molar-refractivity contribution < 1.29 is 36.9 Å². The van der Waals surface area contributed by atoms with Crippen LogP contribution >= 0.6 is 11.6 Å². The molecule has 0 spiro atoms. The summed E-state index contributed by atoms with van der Waals surface area (Å²) >= 11 is 5.76. The molecule has 0 aliphatic carbocycles. The van der Waals surface area contributed by atoms with E-state index in [9.17, 15) is 22.4 Å². The van der Waals surface area contributed by atoms with Crippen molar-refractivity contribution in [3.8, 4) is 17.2 Å². The van der Waals surface area contributed by atoms with Gasteiger partial charge < -0.3 is 14.6 Å². The van der Waals surface area contributed by atoms with Gasteiger partial charge in [-0.3, -0.25) is 0 Å². The SMILES string of the molecule is O=C(O)COc1ccc2ccc(Oc3c(F)cc(C(F)(F)F)cc3Cl)cc2c1. The highest BCUT2D eigenvalue weighted by molar-refractivity contribution is 6.32. The number of aliphatic carboxylic acids is 1. The molecule has 0 heterocycles. The molecule has 146 valence electrons. The van der Waals surface area contributed by atoms with E-state index < -0.39 is 40.9 Å². The van der Waals surface area contributed by atoms with Gasteiger partial charge in [-0.15, -0.1) is 0 Å². The highest BCUT2D eigenvalue weighted by Crippen LogP contribution is 2.39. The predicted octanol–water partition coefficient (Wildman–Crippen LogP) is 5.91. The second kappa shape index (κ2) is 7.55. The highest BCUT2D eigenvalue weighted by Gasteiger charge is 2.32. The molecule has 0 bridgehead atoms. The summed E-state index contributed by atoms with van der Waals surface area (Å²) in [6.45, 7) is -0.520. The topological polar surface area (TPSA) is 55.8 Å². The van der Waals surface area contributed by atoms with Gasteiger partial charge in [0.15, 0.2) is 18.2 Å². The number of carbonyl (C=O) groups is 1. The van der Waals surface area contributed by atoms with Crippen molar-refractivity contribution >= 4 is 28.3 Å². The van der Waals surface area contributed by atoms with Crippen LogP contribution in [-0.2, 0) is 11.0 Å². The lowest BCUT2D eigenvalue weighted by Crippen LogP contribution is -2.09. The van der Waals surface area contributed by atoms with Crippen molar-refractivity contribution in [1.29, 1.82) is 0 Å². The molecule has 0 aliphatic heterocycles. The first-order chi connectivity index (χ1) is 13.1. The molecule has 4 nitrogen and oxygen atoms in total. The van der Waals surface area contributed by atoms with Crippen LogP contribution < -0.4 is 9.47 Å². The van der Waals surface area contributed by atoms with Crippen molar-refractivity contribution in [2.75, 3.05) is 6.61 Å². The Morgan fingerprint density at radius 3 is 2.25 bits per heavy atom. The Labute approximate surface area is 160 Å². The first-order valence-corrected chi connectivity index (χ1v) is 8.14. The molecule has 3 rings (SSSR count). The molecule has 0 amide bonds. The smallest absolute Gasteiger partial charge is 0.416 e. The zero-order valence-electron chi connectivity index (χ0n) is 13.9. The third kappa shape index (κ3) is 4.45. The number of benzene rings is 3. The van der Waals surface area contributed by atoms with Crippen LogP contribution in [0.4, 0.5) is 17.6 Å². The summed E-state index contributed by atoms with van der Waals surface area (Å²) in [6, 6.07) is 10.3. The van der Waals surface area contributed by atoms with Gasteiger partial charge in [0, 0.05) is 0 Å². The molecule has 0 atom stereocenters. The van der Waals surface area contributed by atoms with Crippen LogP contribution in [-0.4, -0.2) is 17.7 Å². The van der Waals surface area contributed by atoms with Gasteiger partial charge >= 0.3 is 12.1 Å². The van der Waals surface area contributed by atoms with Crippen LogP contribution in [0.3, 0.4) is 0 Å². The van der Waals surface area contributed by atoms with E-state index in [4.69, 9.17) is 26.2 Å². The molecule has 0 saturated carbocycles. The quantitative estimate of drug-likeness (QED) is 0.527. The second-order valence-electron chi connectivity index (χ2n) is 5.72. The Bertz CT molecular complexity index is 1030. The van der Waals surface area contributed by atoms with Crippen LogP contribution in [0, 0.1) is 5.82 Å². The maximum atomic E-state index is 14.1. The number of halogens is 5. The molecule has 1 N–H and O–H groups in total. The van der Waals surface area contributed by atoms with Crippen LogP contribution in [0.1, 0.15) is 5.56 Å². The molecular weight excluding hydrogens is 404 g/mol. The molecular formula is C19H11ClF4O4. The Morgan fingerprint density at radius 1 is 1.00 bits per heavy atom. The van der Waals surface area contributed by atoms with Gasteiger partial charge in [-0.25, -0.2) is 9.18 Å². The number of alkyl halides is 3. The zero-order chi connectivity index (χ0) is 20.5. The van der Waals surface area contributed by atoms with Gasteiger partial charge in [-0.05, 0) is 47.2 Å². The number of hydrogen-bond acceptors (Lipinski definition) is 3. The van der Waals surface area contributed by atoms with Gasteiger partial charge in [-0.2, -0.15) is 13.2 Å². The first kappa shape index (κ1) is 19.8. The number of hydrogen-bond donors (Lipinski definition) is 1. The fourth-order valence-corrected chi connectivity index (χ4v) is 2.69. The van der Waals surface area contributed by atoms with Crippen LogP contribution in [0.5, 0.6) is 17.2 Å². The monoisotopic (exact) mass is 414 g/mol. The molecule has 0 unspecified atom stereocenters. The normalized spacial score (nSPS) is 11.5. The molecule has 28 heavy (non-hydrogen) atoms. The lowest BCUT2D eigenvalue weighted by atomic mass is 10.1. The minimum absolute atomic E-state index is 0.128. The standard InChI is InChI=1S/C19H11ClF4O4/c20-15-7-12(19(22,23)24)8-16(21)18(15)28-14-4-2-10-1-3-13(5-11(10)6-14)27-9-17(25)26/h1-8H,9H2,(H,25,26). The van der Waals surface area contributed by atoms with Crippen molar-refractivity contribution in [1.82, 2.24) is 0 Å². The maximum Gasteiger partial charge on any atom is 0.416 e. The van der Waals surface area contributed by atoms with Crippen LogP contribution in [0.15, 0.2) is 48.5 Å². The highest BCUT2D eigenvalue weighted by atomic mass is 35.5. The van der Waals surface area contributed by atoms with Crippen LogP contribution in [0.25, 0.3) is 10.8 Å². The molecule has 9 heteroatoms. The zero-order valence-corrected chi connectivity index (χ0v) is 14.6. The van der Waals surface area contributed by atoms with E-state index in [0.29, 0.717) is 23.3 Å². The fourth-order valence-electron chi connectivity index (χ4n) is 2.44. The number of carboxylic acids is 1. The Morgan fingerprint density at radius 2 is 1.64 bits per heavy atom. The van der Waals surface area contributed by atoms with E-state index in [1.807, 2.05) is 0 Å². The van der Waals surface area contributed by atoms with Gasteiger partial charge in [0.2, 0.25) is 0 Å². The number of rotatable bonds is 5. The van der Waals surface area contributed by atoms with E-state index in [2.05, 4.69) is 0 Å². The third-order valence-electron chi connectivity index (χ3n) is 3.69. The average molecular weight is 415 g/mol. The summed E-state index contributed by atoms with van der Waals surface area (Å²) in [5.74, 6) is -2.50. The molecule has 0 aliphatic rings. The molecule has 0 aromatic heterocycles. The minimum Gasteiger partial charge on any atom is -0.482 e. The van der Waals surface area contributed by atoms with E-state index >= 15 is 0 Å². The Balaban J connectivity index is 1.91. The lowest BCUT2D eigenvalue weighted by molar-refractivity contribution is -0.139. The summed E-state index contributed by atoms with van der Waals surface area (Å²) in [5, 5.41) is 9.48. The van der Waals surface area contributed by atoms with Crippen molar-refractivity contribution in [2.45, 2.75) is 6.18 Å². The summed E-state index contributed by atoms with van der Waals surface area (Å²) in [7, 11) is 0. The van der Waals surface area contributed by atoms with E-state index in [1.54, 1.807) is 24.3 Å². The van der Waals surface area contributed by atoms with Gasteiger partial charge in [0.05, 0.1) is 10.6 Å². The molecule has 0 fully saturated rings. The number of fused-ring (bicyclic) bond motifs is 1. The van der Waals surface area contributed by atoms with E-state index in [0.717, 1.165) is 5.39 Å². The van der Waals surface area contributed by atoms with Gasteiger partial charge in [0.1, 0.15) is 11.5 Å². The molecule has 0 radical (unpaired) electrons.